The second-order valence-electron chi connectivity index (χ2n) is 5.15. The standard InChI is InChI=1S/C14H20N4O2/c1-9(2)11-6-10(7-12(15-3)17-11)14(20)18-5-4-16-13(19)8-18/h6-7,9H,4-5,8H2,1-3H3,(H,15,17)(H,16,19). The van der Waals surface area contributed by atoms with Gasteiger partial charge in [-0.3, -0.25) is 9.59 Å². The van der Waals surface area contributed by atoms with Crippen molar-refractivity contribution in [3.05, 3.63) is 23.4 Å². The lowest BCUT2D eigenvalue weighted by molar-refractivity contribution is -0.123. The van der Waals surface area contributed by atoms with E-state index in [-0.39, 0.29) is 24.3 Å². The fourth-order valence-electron chi connectivity index (χ4n) is 2.09. The van der Waals surface area contributed by atoms with E-state index in [1.807, 2.05) is 13.8 Å². The number of hydrogen-bond acceptors (Lipinski definition) is 4. The predicted molar refractivity (Wildman–Crippen MR) is 76.8 cm³/mol. The zero-order chi connectivity index (χ0) is 14.7. The molecule has 0 saturated carbocycles. The van der Waals surface area contributed by atoms with Gasteiger partial charge in [-0.2, -0.15) is 0 Å². The van der Waals surface area contributed by atoms with Crippen LogP contribution in [0.4, 0.5) is 5.82 Å². The molecule has 1 fully saturated rings. The third kappa shape index (κ3) is 3.07. The number of carbonyl (C=O) groups excluding carboxylic acids is 2. The van der Waals surface area contributed by atoms with Crippen LogP contribution in [0.2, 0.25) is 0 Å². The molecule has 0 aromatic carbocycles. The van der Waals surface area contributed by atoms with E-state index >= 15 is 0 Å². The quantitative estimate of drug-likeness (QED) is 0.857. The van der Waals surface area contributed by atoms with Crippen LogP contribution in [0.15, 0.2) is 12.1 Å². The molecular weight excluding hydrogens is 256 g/mol. The van der Waals surface area contributed by atoms with Gasteiger partial charge in [-0.15, -0.1) is 0 Å². The minimum Gasteiger partial charge on any atom is -0.373 e. The second kappa shape index (κ2) is 5.90. The van der Waals surface area contributed by atoms with Crippen LogP contribution in [-0.2, 0) is 4.79 Å². The third-order valence-electron chi connectivity index (χ3n) is 3.27. The van der Waals surface area contributed by atoms with E-state index in [0.717, 1.165) is 5.69 Å². The Balaban J connectivity index is 2.28. The van der Waals surface area contributed by atoms with Crippen molar-refractivity contribution in [1.29, 1.82) is 0 Å². The highest BCUT2D eigenvalue weighted by Gasteiger charge is 2.23. The van der Waals surface area contributed by atoms with Gasteiger partial charge in [-0.05, 0) is 18.1 Å². The van der Waals surface area contributed by atoms with Crippen molar-refractivity contribution in [2.45, 2.75) is 19.8 Å². The summed E-state index contributed by atoms with van der Waals surface area (Å²) >= 11 is 0. The molecule has 0 bridgehead atoms. The first kappa shape index (κ1) is 14.3. The van der Waals surface area contributed by atoms with Crippen LogP contribution < -0.4 is 10.6 Å². The molecule has 1 aliphatic rings. The first-order chi connectivity index (χ1) is 9.51. The first-order valence-electron chi connectivity index (χ1n) is 6.77. The maximum Gasteiger partial charge on any atom is 0.254 e. The number of hydrogen-bond donors (Lipinski definition) is 2. The number of carbonyl (C=O) groups is 2. The molecule has 6 nitrogen and oxygen atoms in total. The summed E-state index contributed by atoms with van der Waals surface area (Å²) in [5.74, 6) is 0.665. The summed E-state index contributed by atoms with van der Waals surface area (Å²) in [7, 11) is 1.77. The number of anilines is 1. The van der Waals surface area contributed by atoms with E-state index in [1.165, 1.54) is 0 Å². The molecule has 1 saturated heterocycles. The van der Waals surface area contributed by atoms with Crippen LogP contribution in [0.25, 0.3) is 0 Å². The van der Waals surface area contributed by atoms with Gasteiger partial charge in [0, 0.05) is 31.4 Å². The van der Waals surface area contributed by atoms with Crippen LogP contribution in [0.5, 0.6) is 0 Å². The molecule has 2 amide bonds. The van der Waals surface area contributed by atoms with Crippen molar-refractivity contribution in [3.63, 3.8) is 0 Å². The van der Waals surface area contributed by atoms with Gasteiger partial charge >= 0.3 is 0 Å². The van der Waals surface area contributed by atoms with Crippen molar-refractivity contribution < 1.29 is 9.59 Å². The molecule has 1 aromatic heterocycles. The molecule has 0 atom stereocenters. The smallest absolute Gasteiger partial charge is 0.254 e. The predicted octanol–water partition coefficient (Wildman–Crippen LogP) is 0.819. The van der Waals surface area contributed by atoms with Crippen molar-refractivity contribution in [2.24, 2.45) is 0 Å². The average molecular weight is 276 g/mol. The summed E-state index contributed by atoms with van der Waals surface area (Å²) in [6, 6.07) is 3.53. The van der Waals surface area contributed by atoms with E-state index < -0.39 is 0 Å². The SMILES string of the molecule is CNc1cc(C(=O)N2CCNC(=O)C2)cc(C(C)C)n1. The molecule has 108 valence electrons. The number of nitrogens with one attached hydrogen (secondary N) is 2. The number of piperazine rings is 1. The molecule has 1 aromatic rings. The lowest BCUT2D eigenvalue weighted by atomic mass is 10.1. The molecule has 2 heterocycles. The molecular formula is C14H20N4O2. The van der Waals surface area contributed by atoms with Crippen LogP contribution in [0.1, 0.15) is 35.8 Å². The normalized spacial score (nSPS) is 15.2. The second-order valence-corrected chi connectivity index (χ2v) is 5.15. The third-order valence-corrected chi connectivity index (χ3v) is 3.27. The molecule has 0 spiro atoms. The lowest BCUT2D eigenvalue weighted by Crippen LogP contribution is -2.50. The van der Waals surface area contributed by atoms with Gasteiger partial charge in [0.05, 0.1) is 6.54 Å². The summed E-state index contributed by atoms with van der Waals surface area (Å²) < 4.78 is 0. The number of amides is 2. The zero-order valence-corrected chi connectivity index (χ0v) is 12.1. The molecule has 0 radical (unpaired) electrons. The molecule has 0 aliphatic carbocycles. The van der Waals surface area contributed by atoms with Gasteiger partial charge in [0.1, 0.15) is 5.82 Å². The van der Waals surface area contributed by atoms with E-state index in [1.54, 1.807) is 24.1 Å². The Kier molecular flexibility index (Phi) is 4.22. The van der Waals surface area contributed by atoms with Gasteiger partial charge in [0.25, 0.3) is 5.91 Å². The molecule has 0 unspecified atom stereocenters. The number of rotatable bonds is 3. The monoisotopic (exact) mass is 276 g/mol. The molecule has 6 heteroatoms. The van der Waals surface area contributed by atoms with Gasteiger partial charge < -0.3 is 15.5 Å². The Morgan fingerprint density at radius 3 is 2.80 bits per heavy atom. The van der Waals surface area contributed by atoms with Crippen LogP contribution >= 0.6 is 0 Å². The Labute approximate surface area is 118 Å². The van der Waals surface area contributed by atoms with E-state index in [9.17, 15) is 9.59 Å². The van der Waals surface area contributed by atoms with Crippen molar-refractivity contribution in [1.82, 2.24) is 15.2 Å². The first-order valence-corrected chi connectivity index (χ1v) is 6.77. The van der Waals surface area contributed by atoms with Crippen molar-refractivity contribution in [2.75, 3.05) is 32.0 Å². The van der Waals surface area contributed by atoms with Crippen LogP contribution in [0, 0.1) is 0 Å². The number of pyridine rings is 1. The summed E-state index contributed by atoms with van der Waals surface area (Å²) in [5, 5.41) is 5.68. The molecule has 20 heavy (non-hydrogen) atoms. The maximum atomic E-state index is 12.5. The topological polar surface area (TPSA) is 74.3 Å². The Hall–Kier alpha value is -2.11. The number of aromatic nitrogens is 1. The Bertz CT molecular complexity index is 528. The fraction of sp³-hybridized carbons (Fsp3) is 0.500. The summed E-state index contributed by atoms with van der Waals surface area (Å²) in [6.07, 6.45) is 0. The number of nitrogens with zero attached hydrogens (tertiary/aromatic N) is 2. The summed E-state index contributed by atoms with van der Waals surface area (Å²) in [4.78, 5) is 29.9. The average Bonchev–Trinajstić information content (AvgIpc) is 2.45. The molecule has 2 N–H and O–H groups in total. The summed E-state index contributed by atoms with van der Waals surface area (Å²) in [5.41, 5.74) is 1.43. The van der Waals surface area contributed by atoms with Gasteiger partial charge in [0.15, 0.2) is 0 Å². The molecule has 1 aliphatic heterocycles. The minimum absolute atomic E-state index is 0.114. The molecule has 2 rings (SSSR count). The highest BCUT2D eigenvalue weighted by Crippen LogP contribution is 2.18. The van der Waals surface area contributed by atoms with Crippen LogP contribution in [0.3, 0.4) is 0 Å². The lowest BCUT2D eigenvalue weighted by Gasteiger charge is -2.27. The largest absolute Gasteiger partial charge is 0.373 e. The minimum atomic E-state index is -0.124. The Morgan fingerprint density at radius 2 is 2.20 bits per heavy atom. The van der Waals surface area contributed by atoms with Crippen LogP contribution in [-0.4, -0.2) is 48.4 Å². The van der Waals surface area contributed by atoms with E-state index in [0.29, 0.717) is 24.5 Å². The van der Waals surface area contributed by atoms with Gasteiger partial charge in [0.2, 0.25) is 5.91 Å². The highest BCUT2D eigenvalue weighted by atomic mass is 16.2. The Morgan fingerprint density at radius 1 is 1.45 bits per heavy atom. The van der Waals surface area contributed by atoms with Crippen molar-refractivity contribution in [3.8, 4) is 0 Å². The maximum absolute atomic E-state index is 12.5. The van der Waals surface area contributed by atoms with E-state index in [2.05, 4.69) is 15.6 Å². The fourth-order valence-corrected chi connectivity index (χ4v) is 2.09. The van der Waals surface area contributed by atoms with Gasteiger partial charge in [-0.1, -0.05) is 13.8 Å². The van der Waals surface area contributed by atoms with Gasteiger partial charge in [-0.25, -0.2) is 4.98 Å². The summed E-state index contributed by atoms with van der Waals surface area (Å²) in [6.45, 7) is 5.23. The zero-order valence-electron chi connectivity index (χ0n) is 12.1. The highest BCUT2D eigenvalue weighted by molar-refractivity contribution is 5.97. The van der Waals surface area contributed by atoms with Crippen molar-refractivity contribution >= 4 is 17.6 Å². The van der Waals surface area contributed by atoms with E-state index in [4.69, 9.17) is 0 Å².